The van der Waals surface area contributed by atoms with Crippen molar-refractivity contribution in [3.8, 4) is 0 Å². The van der Waals surface area contributed by atoms with Gasteiger partial charge in [0, 0.05) is 18.0 Å². The summed E-state index contributed by atoms with van der Waals surface area (Å²) in [6.07, 6.45) is 2.38. The zero-order valence-electron chi connectivity index (χ0n) is 13.7. The molecule has 0 aliphatic carbocycles. The number of anilines is 1. The summed E-state index contributed by atoms with van der Waals surface area (Å²) in [4.78, 5) is 19.6. The van der Waals surface area contributed by atoms with Gasteiger partial charge in [0.15, 0.2) is 10.8 Å². The number of rotatable bonds is 3. The van der Waals surface area contributed by atoms with E-state index in [2.05, 4.69) is 30.7 Å². The van der Waals surface area contributed by atoms with Crippen molar-refractivity contribution >= 4 is 22.4 Å². The molecule has 0 N–H and O–H groups in total. The number of piperidine rings is 1. The van der Waals surface area contributed by atoms with Crippen LogP contribution in [-0.2, 0) is 4.74 Å². The third kappa shape index (κ3) is 3.76. The Morgan fingerprint density at radius 2 is 2.00 bits per heavy atom. The minimum absolute atomic E-state index is 0.304. The Hall–Kier alpha value is -1.10. The fraction of sp³-hybridized carbons (Fsp3) is 0.750. The first kappa shape index (κ1) is 16.3. The van der Waals surface area contributed by atoms with Crippen molar-refractivity contribution in [2.75, 3.05) is 24.6 Å². The average molecular weight is 310 g/mol. The van der Waals surface area contributed by atoms with Gasteiger partial charge in [-0.15, -0.1) is 11.3 Å². The van der Waals surface area contributed by atoms with Gasteiger partial charge < -0.3 is 9.64 Å². The van der Waals surface area contributed by atoms with E-state index >= 15 is 0 Å². The highest BCUT2D eigenvalue weighted by molar-refractivity contribution is 7.15. The zero-order valence-corrected chi connectivity index (χ0v) is 14.5. The molecule has 0 spiro atoms. The molecule has 2 rings (SSSR count). The minimum Gasteiger partial charge on any atom is -0.461 e. The van der Waals surface area contributed by atoms with Crippen molar-refractivity contribution in [1.29, 1.82) is 0 Å². The quantitative estimate of drug-likeness (QED) is 0.794. The molecule has 1 saturated heterocycles. The molecule has 0 unspecified atom stereocenters. The standard InChI is InChI=1S/C16H26N2O2S/c1-6-20-14(19)13-11(2)21-15(17-13)18-9-7-12(8-10-18)16(3,4)5/h12H,6-10H2,1-5H3. The summed E-state index contributed by atoms with van der Waals surface area (Å²) in [5.74, 6) is 0.460. The summed E-state index contributed by atoms with van der Waals surface area (Å²) in [6.45, 7) is 13.2. The number of aryl methyl sites for hydroxylation is 1. The smallest absolute Gasteiger partial charge is 0.358 e. The Balaban J connectivity index is 2.04. The first-order chi connectivity index (χ1) is 9.82. The lowest BCUT2D eigenvalue weighted by Crippen LogP contribution is -2.38. The summed E-state index contributed by atoms with van der Waals surface area (Å²) < 4.78 is 5.06. The summed E-state index contributed by atoms with van der Waals surface area (Å²) in [6, 6.07) is 0. The van der Waals surface area contributed by atoms with Crippen LogP contribution in [0, 0.1) is 18.3 Å². The van der Waals surface area contributed by atoms with Gasteiger partial charge in [0.2, 0.25) is 0 Å². The van der Waals surface area contributed by atoms with E-state index < -0.39 is 0 Å². The van der Waals surface area contributed by atoms with Crippen molar-refractivity contribution < 1.29 is 9.53 Å². The Morgan fingerprint density at radius 3 is 2.52 bits per heavy atom. The second-order valence-electron chi connectivity index (χ2n) is 6.75. The van der Waals surface area contributed by atoms with Gasteiger partial charge in [-0.05, 0) is 38.0 Å². The Bertz CT molecular complexity index is 497. The molecule has 2 heterocycles. The third-order valence-corrected chi connectivity index (χ3v) is 5.28. The number of esters is 1. The van der Waals surface area contributed by atoms with E-state index in [-0.39, 0.29) is 5.97 Å². The maximum Gasteiger partial charge on any atom is 0.358 e. The minimum atomic E-state index is -0.304. The second-order valence-corrected chi connectivity index (χ2v) is 7.93. The molecule has 0 atom stereocenters. The molecule has 0 saturated carbocycles. The topological polar surface area (TPSA) is 42.4 Å². The summed E-state index contributed by atoms with van der Waals surface area (Å²) >= 11 is 1.60. The number of thiazole rings is 1. The number of aromatic nitrogens is 1. The number of hydrogen-bond donors (Lipinski definition) is 0. The predicted octanol–water partition coefficient (Wildman–Crippen LogP) is 3.89. The van der Waals surface area contributed by atoms with E-state index in [1.165, 1.54) is 12.8 Å². The van der Waals surface area contributed by atoms with E-state index in [1.807, 2.05) is 13.8 Å². The molecule has 5 heteroatoms. The van der Waals surface area contributed by atoms with Crippen LogP contribution in [0.5, 0.6) is 0 Å². The number of carbonyl (C=O) groups excluding carboxylic acids is 1. The van der Waals surface area contributed by atoms with Crippen LogP contribution < -0.4 is 4.90 Å². The van der Waals surface area contributed by atoms with Gasteiger partial charge in [-0.3, -0.25) is 0 Å². The fourth-order valence-corrected chi connectivity index (χ4v) is 3.79. The van der Waals surface area contributed by atoms with E-state index in [9.17, 15) is 4.79 Å². The van der Waals surface area contributed by atoms with E-state index in [0.717, 1.165) is 29.0 Å². The largest absolute Gasteiger partial charge is 0.461 e. The number of ether oxygens (including phenoxy) is 1. The van der Waals surface area contributed by atoms with Crippen LogP contribution in [0.25, 0.3) is 0 Å². The Labute approximate surface area is 131 Å². The lowest BCUT2D eigenvalue weighted by Gasteiger charge is -2.38. The molecule has 0 amide bonds. The molecule has 1 aliphatic rings. The monoisotopic (exact) mass is 310 g/mol. The normalized spacial score (nSPS) is 17.1. The van der Waals surface area contributed by atoms with Gasteiger partial charge in [-0.1, -0.05) is 20.8 Å². The molecule has 1 aliphatic heterocycles. The van der Waals surface area contributed by atoms with Gasteiger partial charge in [0.1, 0.15) is 0 Å². The summed E-state index contributed by atoms with van der Waals surface area (Å²) in [5.41, 5.74) is 0.857. The predicted molar refractivity (Wildman–Crippen MR) is 87.2 cm³/mol. The highest BCUT2D eigenvalue weighted by atomic mass is 32.1. The molecule has 4 nitrogen and oxygen atoms in total. The zero-order chi connectivity index (χ0) is 15.6. The molecular formula is C16H26N2O2S. The van der Waals surface area contributed by atoms with Crippen molar-refractivity contribution in [2.24, 2.45) is 11.3 Å². The molecule has 0 bridgehead atoms. The highest BCUT2D eigenvalue weighted by Crippen LogP contribution is 2.36. The molecule has 118 valence electrons. The van der Waals surface area contributed by atoms with Crippen LogP contribution in [0.1, 0.15) is 55.9 Å². The maximum absolute atomic E-state index is 11.8. The average Bonchev–Trinajstić information content (AvgIpc) is 2.80. The number of nitrogens with zero attached hydrogens (tertiary/aromatic N) is 2. The van der Waals surface area contributed by atoms with E-state index in [1.54, 1.807) is 11.3 Å². The van der Waals surface area contributed by atoms with Gasteiger partial charge in [-0.25, -0.2) is 9.78 Å². The van der Waals surface area contributed by atoms with Crippen molar-refractivity contribution in [1.82, 2.24) is 4.98 Å². The fourth-order valence-electron chi connectivity index (χ4n) is 2.84. The molecule has 1 aromatic heterocycles. The molecular weight excluding hydrogens is 284 g/mol. The lowest BCUT2D eigenvalue weighted by atomic mass is 9.75. The van der Waals surface area contributed by atoms with Crippen molar-refractivity contribution in [3.05, 3.63) is 10.6 Å². The number of carbonyl (C=O) groups is 1. The van der Waals surface area contributed by atoms with Gasteiger partial charge in [0.25, 0.3) is 0 Å². The van der Waals surface area contributed by atoms with Crippen LogP contribution in [0.3, 0.4) is 0 Å². The van der Waals surface area contributed by atoms with Crippen LogP contribution in [0.2, 0.25) is 0 Å². The van der Waals surface area contributed by atoms with Crippen LogP contribution in [0.4, 0.5) is 5.13 Å². The SMILES string of the molecule is CCOC(=O)c1nc(N2CCC(C(C)(C)C)CC2)sc1C. The second kappa shape index (κ2) is 6.34. The lowest BCUT2D eigenvalue weighted by molar-refractivity contribution is 0.0519. The Morgan fingerprint density at radius 1 is 1.38 bits per heavy atom. The van der Waals surface area contributed by atoms with E-state index in [4.69, 9.17) is 4.74 Å². The molecule has 21 heavy (non-hydrogen) atoms. The van der Waals surface area contributed by atoms with Crippen LogP contribution >= 0.6 is 11.3 Å². The summed E-state index contributed by atoms with van der Waals surface area (Å²) in [7, 11) is 0. The van der Waals surface area contributed by atoms with E-state index in [0.29, 0.717) is 17.7 Å². The first-order valence-electron chi connectivity index (χ1n) is 7.72. The molecule has 0 aromatic carbocycles. The number of hydrogen-bond acceptors (Lipinski definition) is 5. The van der Waals surface area contributed by atoms with Crippen LogP contribution in [0.15, 0.2) is 0 Å². The maximum atomic E-state index is 11.8. The van der Waals surface area contributed by atoms with Crippen molar-refractivity contribution in [3.63, 3.8) is 0 Å². The molecule has 0 radical (unpaired) electrons. The Kier molecular flexibility index (Phi) is 4.91. The van der Waals surface area contributed by atoms with Gasteiger partial charge in [-0.2, -0.15) is 0 Å². The third-order valence-electron chi connectivity index (χ3n) is 4.24. The molecule has 1 aromatic rings. The molecule has 1 fully saturated rings. The van der Waals surface area contributed by atoms with Crippen LogP contribution in [-0.4, -0.2) is 30.6 Å². The highest BCUT2D eigenvalue weighted by Gasteiger charge is 2.30. The first-order valence-corrected chi connectivity index (χ1v) is 8.54. The van der Waals surface area contributed by atoms with Gasteiger partial charge >= 0.3 is 5.97 Å². The van der Waals surface area contributed by atoms with Crippen molar-refractivity contribution in [2.45, 2.75) is 47.5 Å². The summed E-state index contributed by atoms with van der Waals surface area (Å²) in [5, 5.41) is 0.961. The van der Waals surface area contributed by atoms with Gasteiger partial charge in [0.05, 0.1) is 6.61 Å².